The van der Waals surface area contributed by atoms with Crippen LogP contribution >= 0.6 is 0 Å². The van der Waals surface area contributed by atoms with Gasteiger partial charge in [0.25, 0.3) is 0 Å². The monoisotopic (exact) mass is 526 g/mol. The molecule has 0 saturated carbocycles. The van der Waals surface area contributed by atoms with Crippen molar-refractivity contribution in [1.82, 2.24) is 25.9 Å². The molecule has 14 N–H and O–H groups in total. The summed E-state index contributed by atoms with van der Waals surface area (Å²) >= 11 is 0. The van der Waals surface area contributed by atoms with Gasteiger partial charge in [0.1, 0.15) is 18.1 Å². The maximum atomic E-state index is 12.8. The van der Waals surface area contributed by atoms with Crippen molar-refractivity contribution in [3.63, 3.8) is 0 Å². The van der Waals surface area contributed by atoms with Gasteiger partial charge in [-0.2, -0.15) is 0 Å². The van der Waals surface area contributed by atoms with E-state index in [-0.39, 0.29) is 44.6 Å². The molecule has 206 valence electrons. The topological polar surface area (TPSA) is 307 Å². The number of aliphatic hydroxyl groups is 1. The number of carbonyl (C=O) groups excluding carboxylic acids is 4. The molecule has 0 aliphatic carbocycles. The van der Waals surface area contributed by atoms with Gasteiger partial charge < -0.3 is 54.1 Å². The fourth-order valence-electron chi connectivity index (χ4n) is 3.06. The molecule has 17 nitrogen and oxygen atoms in total. The minimum absolute atomic E-state index is 0.0323. The molecule has 4 atom stereocenters. The Hall–Kier alpha value is -4.25. The van der Waals surface area contributed by atoms with E-state index >= 15 is 0 Å². The molecule has 0 spiro atoms. The molecule has 37 heavy (non-hydrogen) atoms. The molecule has 1 aromatic heterocycles. The molecule has 0 unspecified atom stereocenters. The van der Waals surface area contributed by atoms with Crippen molar-refractivity contribution in [1.29, 1.82) is 0 Å². The van der Waals surface area contributed by atoms with Gasteiger partial charge >= 0.3 is 5.97 Å². The molecule has 1 heterocycles. The number of amides is 4. The highest BCUT2D eigenvalue weighted by molar-refractivity contribution is 5.94. The van der Waals surface area contributed by atoms with Gasteiger partial charge in [0, 0.05) is 31.3 Å². The maximum Gasteiger partial charge on any atom is 0.326 e. The van der Waals surface area contributed by atoms with Crippen molar-refractivity contribution in [3.8, 4) is 0 Å². The molecule has 17 heteroatoms. The summed E-state index contributed by atoms with van der Waals surface area (Å²) in [7, 11) is 0. The van der Waals surface area contributed by atoms with E-state index in [1.165, 1.54) is 12.5 Å². The summed E-state index contributed by atoms with van der Waals surface area (Å²) in [5.74, 6) is -4.89. The van der Waals surface area contributed by atoms with Crippen LogP contribution in [0, 0.1) is 0 Å². The second-order valence-corrected chi connectivity index (χ2v) is 8.05. The molecule has 1 aromatic rings. The number of nitrogens with zero attached hydrogens (tertiary/aromatic N) is 2. The number of carboxylic acid groups (broad SMARTS) is 1. The Labute approximate surface area is 211 Å². The largest absolute Gasteiger partial charge is 0.480 e. The average molecular weight is 527 g/mol. The number of aliphatic carboxylic acids is 1. The first-order valence-corrected chi connectivity index (χ1v) is 11.3. The predicted molar refractivity (Wildman–Crippen MR) is 129 cm³/mol. The minimum Gasteiger partial charge on any atom is -0.480 e. The van der Waals surface area contributed by atoms with E-state index in [1.54, 1.807) is 0 Å². The third-order valence-corrected chi connectivity index (χ3v) is 5.02. The number of primary amides is 1. The molecule has 0 bridgehead atoms. The third-order valence-electron chi connectivity index (χ3n) is 5.02. The third kappa shape index (κ3) is 11.8. The van der Waals surface area contributed by atoms with E-state index in [1.807, 2.05) is 0 Å². The number of aliphatic imine (C=N–C) groups is 1. The lowest BCUT2D eigenvalue weighted by Crippen LogP contribution is -2.58. The molecule has 0 aromatic carbocycles. The van der Waals surface area contributed by atoms with Gasteiger partial charge in [-0.3, -0.25) is 24.2 Å². The zero-order valence-corrected chi connectivity index (χ0v) is 20.1. The Bertz CT molecular complexity index is 949. The molecule has 0 aliphatic heterocycles. The van der Waals surface area contributed by atoms with Crippen LogP contribution < -0.4 is 38.9 Å². The molecule has 1 rings (SSSR count). The number of nitrogens with two attached hydrogens (primary N) is 4. The molecule has 0 radical (unpaired) electrons. The zero-order chi connectivity index (χ0) is 28.0. The summed E-state index contributed by atoms with van der Waals surface area (Å²) in [6.45, 7) is -0.750. The Kier molecular flexibility index (Phi) is 13.0. The highest BCUT2D eigenvalue weighted by Crippen LogP contribution is 2.03. The van der Waals surface area contributed by atoms with Crippen LogP contribution in [0.1, 0.15) is 31.4 Å². The quantitative estimate of drug-likeness (QED) is 0.0521. The lowest BCUT2D eigenvalue weighted by molar-refractivity contribution is -0.142. The van der Waals surface area contributed by atoms with Crippen LogP contribution in [0.25, 0.3) is 0 Å². The van der Waals surface area contributed by atoms with E-state index in [2.05, 4.69) is 30.9 Å². The minimum atomic E-state index is -1.56. The number of H-pyrrole nitrogens is 1. The van der Waals surface area contributed by atoms with Gasteiger partial charge in [0.05, 0.1) is 19.0 Å². The van der Waals surface area contributed by atoms with E-state index < -0.39 is 60.4 Å². The molecular formula is C20H34N10O7. The Morgan fingerprint density at radius 3 is 2.14 bits per heavy atom. The summed E-state index contributed by atoms with van der Waals surface area (Å²) in [5, 5.41) is 25.8. The molecule has 0 aliphatic rings. The van der Waals surface area contributed by atoms with Crippen LogP contribution in [0.3, 0.4) is 0 Å². The number of aromatic nitrogens is 2. The van der Waals surface area contributed by atoms with Crippen molar-refractivity contribution >= 4 is 35.6 Å². The standard InChI is InChI=1S/C20H34N10O7/c21-11(6-10-7-25-9-27-10)16(33)28-12(3-4-15(22)32)17(34)30-14(8-31)18(35)29-13(19(36)37)2-1-5-26-20(23)24/h7,9,11-14,31H,1-6,8,21H2,(H2,22,32)(H,25,27)(H,28,33)(H,29,35)(H,30,34)(H,36,37)(H4,23,24,26)/t11-,12-,13-,14-/m0/s1. The SMILES string of the molecule is NC(=O)CC[C@H](NC(=O)[C@@H](N)Cc1cnc[nH]1)C(=O)N[C@@H](CO)C(=O)N[C@@H](CCCN=C(N)N)C(=O)O. The van der Waals surface area contributed by atoms with E-state index in [0.29, 0.717) is 5.69 Å². The van der Waals surface area contributed by atoms with Crippen molar-refractivity contribution in [2.45, 2.75) is 56.3 Å². The van der Waals surface area contributed by atoms with Crippen LogP contribution in [-0.4, -0.2) is 93.1 Å². The summed E-state index contributed by atoms with van der Waals surface area (Å²) < 4.78 is 0. The normalized spacial score (nSPS) is 13.9. The number of nitrogens with one attached hydrogen (secondary N) is 4. The van der Waals surface area contributed by atoms with E-state index in [4.69, 9.17) is 22.9 Å². The van der Waals surface area contributed by atoms with Gasteiger partial charge in [-0.1, -0.05) is 0 Å². The van der Waals surface area contributed by atoms with Crippen LogP contribution in [0.15, 0.2) is 17.5 Å². The van der Waals surface area contributed by atoms with Crippen LogP contribution in [0.4, 0.5) is 0 Å². The number of hydrogen-bond donors (Lipinski definition) is 10. The Morgan fingerprint density at radius 1 is 0.973 bits per heavy atom. The number of guanidine groups is 1. The number of hydrogen-bond acceptors (Lipinski definition) is 9. The lowest BCUT2D eigenvalue weighted by atomic mass is 10.1. The Morgan fingerprint density at radius 2 is 1.59 bits per heavy atom. The van der Waals surface area contributed by atoms with E-state index in [0.717, 1.165) is 0 Å². The smallest absolute Gasteiger partial charge is 0.326 e. The van der Waals surface area contributed by atoms with Crippen molar-refractivity contribution < 1.29 is 34.2 Å². The summed E-state index contributed by atoms with van der Waals surface area (Å²) in [4.78, 5) is 70.9. The second kappa shape index (κ2) is 15.7. The van der Waals surface area contributed by atoms with Crippen LogP contribution in [-0.2, 0) is 30.4 Å². The summed E-state index contributed by atoms with van der Waals surface area (Å²) in [6, 6.07) is -5.31. The second-order valence-electron chi connectivity index (χ2n) is 8.05. The number of aliphatic hydroxyl groups excluding tert-OH is 1. The first kappa shape index (κ1) is 30.8. The highest BCUT2D eigenvalue weighted by Gasteiger charge is 2.30. The van der Waals surface area contributed by atoms with Gasteiger partial charge in [-0.05, 0) is 19.3 Å². The predicted octanol–water partition coefficient (Wildman–Crippen LogP) is -4.87. The Balaban J connectivity index is 2.82. The highest BCUT2D eigenvalue weighted by atomic mass is 16.4. The number of carbonyl (C=O) groups is 5. The molecule has 4 amide bonds. The van der Waals surface area contributed by atoms with E-state index in [9.17, 15) is 34.2 Å². The number of rotatable bonds is 17. The fourth-order valence-corrected chi connectivity index (χ4v) is 3.06. The molecule has 0 saturated heterocycles. The average Bonchev–Trinajstić information content (AvgIpc) is 3.34. The zero-order valence-electron chi connectivity index (χ0n) is 20.1. The number of carboxylic acids is 1. The lowest BCUT2D eigenvalue weighted by Gasteiger charge is -2.24. The van der Waals surface area contributed by atoms with Crippen molar-refractivity contribution in [2.24, 2.45) is 27.9 Å². The fraction of sp³-hybridized carbons (Fsp3) is 0.550. The van der Waals surface area contributed by atoms with Gasteiger partial charge in [-0.15, -0.1) is 0 Å². The van der Waals surface area contributed by atoms with Gasteiger partial charge in [0.15, 0.2) is 5.96 Å². The van der Waals surface area contributed by atoms with Gasteiger partial charge in [-0.25, -0.2) is 9.78 Å². The molecular weight excluding hydrogens is 492 g/mol. The molecule has 0 fully saturated rings. The summed E-state index contributed by atoms with van der Waals surface area (Å²) in [6.07, 6.45) is 2.66. The summed E-state index contributed by atoms with van der Waals surface area (Å²) in [5.41, 5.74) is 22.0. The van der Waals surface area contributed by atoms with Crippen molar-refractivity contribution in [3.05, 3.63) is 18.2 Å². The van der Waals surface area contributed by atoms with Crippen LogP contribution in [0.2, 0.25) is 0 Å². The van der Waals surface area contributed by atoms with Gasteiger partial charge in [0.2, 0.25) is 23.6 Å². The van der Waals surface area contributed by atoms with Crippen LogP contribution in [0.5, 0.6) is 0 Å². The first-order valence-electron chi connectivity index (χ1n) is 11.3. The number of imidazole rings is 1. The maximum absolute atomic E-state index is 12.8. The number of aromatic amines is 1. The van der Waals surface area contributed by atoms with Crippen molar-refractivity contribution in [2.75, 3.05) is 13.2 Å². The first-order chi connectivity index (χ1) is 17.4.